The fourth-order valence-electron chi connectivity index (χ4n) is 6.39. The number of thioether (sulfide) groups is 1. The Labute approximate surface area is 214 Å². The van der Waals surface area contributed by atoms with Gasteiger partial charge in [-0.1, -0.05) is 31.2 Å². The average Bonchev–Trinajstić information content (AvgIpc) is 3.60. The van der Waals surface area contributed by atoms with E-state index in [1.807, 2.05) is 38.1 Å². The number of carbonyl (C=O) groups excluding carboxylic acids is 3. The molecule has 6 atom stereocenters. The molecule has 2 N–H and O–H groups in total. The van der Waals surface area contributed by atoms with Crippen LogP contribution in [-0.2, 0) is 25.8 Å². The molecule has 2 unspecified atom stereocenters. The van der Waals surface area contributed by atoms with Gasteiger partial charge >= 0.3 is 5.97 Å². The van der Waals surface area contributed by atoms with Gasteiger partial charge < -0.3 is 20.1 Å². The van der Waals surface area contributed by atoms with Gasteiger partial charge in [0, 0.05) is 5.25 Å². The lowest BCUT2D eigenvalue weighted by atomic mass is 9.71. The maximum absolute atomic E-state index is 14.0. The summed E-state index contributed by atoms with van der Waals surface area (Å²) in [6, 6.07) is 6.18. The molecule has 1 aromatic carbocycles. The Hall–Kier alpha value is -2.66. The van der Waals surface area contributed by atoms with Crippen LogP contribution >= 0.6 is 11.8 Å². The SMILES string of the molecule is CCOC(=O)[C@@H]1[C@@H]2CCC3(S2)C(C(=O)NCn2nnc4ccccc42)N([C@@H](CO)CC(C)C)C(=O)[C@H]13. The molecule has 0 radical (unpaired) electrons. The maximum atomic E-state index is 14.0. The van der Waals surface area contributed by atoms with Crippen molar-refractivity contribution in [2.45, 2.75) is 68.8 Å². The van der Waals surface area contributed by atoms with Crippen LogP contribution in [0.15, 0.2) is 24.3 Å². The summed E-state index contributed by atoms with van der Waals surface area (Å²) >= 11 is 1.59. The smallest absolute Gasteiger partial charge is 0.310 e. The molecule has 0 aliphatic carbocycles. The van der Waals surface area contributed by atoms with Crippen molar-refractivity contribution in [3.63, 3.8) is 0 Å². The molecule has 3 aliphatic rings. The fourth-order valence-corrected chi connectivity index (χ4v) is 8.59. The van der Waals surface area contributed by atoms with Gasteiger partial charge in [0.2, 0.25) is 11.8 Å². The number of esters is 1. The molecule has 1 aromatic heterocycles. The van der Waals surface area contributed by atoms with Crippen molar-refractivity contribution >= 4 is 40.6 Å². The van der Waals surface area contributed by atoms with Crippen molar-refractivity contribution in [1.29, 1.82) is 0 Å². The second-order valence-corrected chi connectivity index (χ2v) is 11.9. The quantitative estimate of drug-likeness (QED) is 0.482. The number of para-hydroxylation sites is 1. The number of hydrogen-bond acceptors (Lipinski definition) is 8. The Morgan fingerprint density at radius 3 is 2.83 bits per heavy atom. The van der Waals surface area contributed by atoms with Crippen molar-refractivity contribution < 1.29 is 24.2 Å². The largest absolute Gasteiger partial charge is 0.466 e. The van der Waals surface area contributed by atoms with Crippen LogP contribution in [0.1, 0.15) is 40.0 Å². The number of aromatic nitrogens is 3. The first kappa shape index (κ1) is 25.0. The van der Waals surface area contributed by atoms with Gasteiger partial charge in [0.25, 0.3) is 0 Å². The van der Waals surface area contributed by atoms with Gasteiger partial charge in [-0.15, -0.1) is 16.9 Å². The average molecular weight is 516 g/mol. The number of nitrogens with one attached hydrogen (secondary N) is 1. The summed E-state index contributed by atoms with van der Waals surface area (Å²) in [5.41, 5.74) is 1.52. The van der Waals surface area contributed by atoms with E-state index in [2.05, 4.69) is 15.6 Å². The predicted molar refractivity (Wildman–Crippen MR) is 134 cm³/mol. The Morgan fingerprint density at radius 2 is 2.11 bits per heavy atom. The normalized spacial score (nSPS) is 29.7. The summed E-state index contributed by atoms with van der Waals surface area (Å²) in [5.74, 6) is -1.89. The summed E-state index contributed by atoms with van der Waals surface area (Å²) in [4.78, 5) is 42.4. The first-order valence-electron chi connectivity index (χ1n) is 12.7. The minimum Gasteiger partial charge on any atom is -0.466 e. The molecular formula is C25H33N5O5S. The molecule has 0 saturated carbocycles. The Kier molecular flexibility index (Phi) is 6.71. The van der Waals surface area contributed by atoms with Crippen LogP contribution < -0.4 is 5.32 Å². The van der Waals surface area contributed by atoms with Gasteiger partial charge in [0.1, 0.15) is 18.2 Å². The molecule has 3 fully saturated rings. The van der Waals surface area contributed by atoms with Crippen LogP contribution in [0.25, 0.3) is 11.0 Å². The van der Waals surface area contributed by atoms with E-state index in [1.54, 1.807) is 28.3 Å². The van der Waals surface area contributed by atoms with E-state index in [9.17, 15) is 19.5 Å². The highest BCUT2D eigenvalue weighted by Crippen LogP contribution is 2.66. The third-order valence-corrected chi connectivity index (χ3v) is 9.67. The predicted octanol–water partition coefficient (Wildman–Crippen LogP) is 1.57. The van der Waals surface area contributed by atoms with Gasteiger partial charge in [0.05, 0.1) is 41.4 Å². The lowest BCUT2D eigenvalue weighted by molar-refractivity contribution is -0.154. The summed E-state index contributed by atoms with van der Waals surface area (Å²) < 4.78 is 6.25. The minimum absolute atomic E-state index is 0.0487. The first-order chi connectivity index (χ1) is 17.3. The lowest BCUT2D eigenvalue weighted by Gasteiger charge is -2.37. The molecule has 36 heavy (non-hydrogen) atoms. The van der Waals surface area contributed by atoms with E-state index in [-0.39, 0.29) is 48.8 Å². The third-order valence-electron chi connectivity index (χ3n) is 7.72. The number of ether oxygens (including phenoxy) is 1. The highest BCUT2D eigenvalue weighted by atomic mass is 32.2. The minimum atomic E-state index is -0.796. The molecule has 3 saturated heterocycles. The number of aliphatic hydroxyl groups is 1. The van der Waals surface area contributed by atoms with Crippen molar-refractivity contribution in [2.75, 3.05) is 13.2 Å². The van der Waals surface area contributed by atoms with E-state index in [0.717, 1.165) is 17.5 Å². The van der Waals surface area contributed by atoms with Crippen LogP contribution in [0.3, 0.4) is 0 Å². The molecular weight excluding hydrogens is 482 g/mol. The number of benzene rings is 1. The van der Waals surface area contributed by atoms with Gasteiger partial charge in [-0.2, -0.15) is 0 Å². The Morgan fingerprint density at radius 1 is 1.33 bits per heavy atom. The second-order valence-electron chi connectivity index (χ2n) is 10.3. The molecule has 5 rings (SSSR count). The zero-order valence-electron chi connectivity index (χ0n) is 20.8. The number of aliphatic hydroxyl groups excluding tert-OH is 1. The zero-order valence-corrected chi connectivity index (χ0v) is 21.6. The summed E-state index contributed by atoms with van der Waals surface area (Å²) in [5, 5.41) is 21.5. The van der Waals surface area contributed by atoms with Gasteiger partial charge in [-0.25, -0.2) is 4.68 Å². The number of hydrogen-bond donors (Lipinski definition) is 2. The molecule has 4 heterocycles. The number of amides is 2. The van der Waals surface area contributed by atoms with E-state index >= 15 is 0 Å². The molecule has 2 bridgehead atoms. The number of fused-ring (bicyclic) bond motifs is 2. The lowest BCUT2D eigenvalue weighted by Crippen LogP contribution is -2.56. The number of nitrogens with zero attached hydrogens (tertiary/aromatic N) is 4. The maximum Gasteiger partial charge on any atom is 0.310 e. The van der Waals surface area contributed by atoms with Crippen LogP contribution in [0.4, 0.5) is 0 Å². The van der Waals surface area contributed by atoms with Crippen LogP contribution in [0.2, 0.25) is 0 Å². The van der Waals surface area contributed by atoms with Crippen LogP contribution in [0.5, 0.6) is 0 Å². The van der Waals surface area contributed by atoms with Crippen molar-refractivity contribution in [3.05, 3.63) is 24.3 Å². The highest BCUT2D eigenvalue weighted by Gasteiger charge is 2.74. The molecule has 2 amide bonds. The monoisotopic (exact) mass is 515 g/mol. The number of likely N-dealkylation sites (tertiary alicyclic amines) is 1. The molecule has 3 aliphatic heterocycles. The number of carbonyl (C=O) groups is 3. The van der Waals surface area contributed by atoms with Gasteiger partial charge in [-0.05, 0) is 44.2 Å². The molecule has 11 heteroatoms. The Bertz CT molecular complexity index is 1170. The van der Waals surface area contributed by atoms with E-state index in [0.29, 0.717) is 12.8 Å². The summed E-state index contributed by atoms with van der Waals surface area (Å²) in [6.45, 7) is 5.90. The second kappa shape index (κ2) is 9.66. The Balaban J connectivity index is 1.48. The standard InChI is InChI=1S/C25H33N5O5S/c1-4-35-24(34)19-18-9-10-25(36-18)20(19)23(33)30(15(12-31)11-14(2)3)21(25)22(32)26-13-29-17-8-6-5-7-16(17)27-28-29/h5-8,14-15,18-21,31H,4,9-13H2,1-3H3,(H,26,32)/t15-,18+,19-,20+,21?,25?/m1/s1. The summed E-state index contributed by atoms with van der Waals surface area (Å²) in [7, 11) is 0. The van der Waals surface area contributed by atoms with Gasteiger partial charge in [-0.3, -0.25) is 14.4 Å². The highest BCUT2D eigenvalue weighted by molar-refractivity contribution is 8.02. The van der Waals surface area contributed by atoms with Crippen LogP contribution in [0, 0.1) is 17.8 Å². The van der Waals surface area contributed by atoms with E-state index in [1.165, 1.54) is 0 Å². The molecule has 2 aromatic rings. The van der Waals surface area contributed by atoms with Crippen LogP contribution in [-0.4, -0.2) is 78.1 Å². The molecule has 10 nitrogen and oxygen atoms in total. The van der Waals surface area contributed by atoms with Crippen molar-refractivity contribution in [2.24, 2.45) is 17.8 Å². The topological polar surface area (TPSA) is 127 Å². The molecule has 1 spiro atoms. The van der Waals surface area contributed by atoms with E-state index < -0.39 is 28.7 Å². The first-order valence-corrected chi connectivity index (χ1v) is 13.5. The zero-order chi connectivity index (χ0) is 25.6. The van der Waals surface area contributed by atoms with E-state index in [4.69, 9.17) is 4.74 Å². The third kappa shape index (κ3) is 3.87. The van der Waals surface area contributed by atoms with Crippen molar-refractivity contribution in [3.8, 4) is 0 Å². The van der Waals surface area contributed by atoms with Gasteiger partial charge in [0.15, 0.2) is 0 Å². The summed E-state index contributed by atoms with van der Waals surface area (Å²) in [6.07, 6.45) is 1.97. The van der Waals surface area contributed by atoms with Crippen molar-refractivity contribution in [1.82, 2.24) is 25.2 Å². The number of rotatable bonds is 9. The molecule has 194 valence electrons. The fraction of sp³-hybridized carbons (Fsp3) is 0.640.